The SMILES string of the molecule is COc1cccc(NC(=O)CNc2ccc(C)cc2Br)c1. The fraction of sp³-hybridized carbons (Fsp3) is 0.188. The van der Waals surface area contributed by atoms with Gasteiger partial charge in [0.25, 0.3) is 0 Å². The summed E-state index contributed by atoms with van der Waals surface area (Å²) < 4.78 is 6.06. The number of hydrogen-bond donors (Lipinski definition) is 2. The lowest BCUT2D eigenvalue weighted by Gasteiger charge is -2.10. The summed E-state index contributed by atoms with van der Waals surface area (Å²) in [7, 11) is 1.59. The number of amides is 1. The molecule has 21 heavy (non-hydrogen) atoms. The normalized spacial score (nSPS) is 10.0. The van der Waals surface area contributed by atoms with Crippen LogP contribution in [0.1, 0.15) is 5.56 Å². The molecular formula is C16H17BrN2O2. The van der Waals surface area contributed by atoms with E-state index in [4.69, 9.17) is 4.74 Å². The average Bonchev–Trinajstić information content (AvgIpc) is 2.46. The van der Waals surface area contributed by atoms with Gasteiger partial charge < -0.3 is 15.4 Å². The topological polar surface area (TPSA) is 50.4 Å². The van der Waals surface area contributed by atoms with Crippen LogP contribution < -0.4 is 15.4 Å². The number of aryl methyl sites for hydroxylation is 1. The molecule has 2 rings (SSSR count). The van der Waals surface area contributed by atoms with Crippen LogP contribution >= 0.6 is 15.9 Å². The molecule has 4 nitrogen and oxygen atoms in total. The number of anilines is 2. The molecule has 5 heteroatoms. The molecular weight excluding hydrogens is 332 g/mol. The van der Waals surface area contributed by atoms with Gasteiger partial charge in [-0.15, -0.1) is 0 Å². The number of rotatable bonds is 5. The molecule has 0 aromatic heterocycles. The van der Waals surface area contributed by atoms with Crippen LogP contribution in [0, 0.1) is 6.92 Å². The summed E-state index contributed by atoms with van der Waals surface area (Å²) >= 11 is 3.47. The summed E-state index contributed by atoms with van der Waals surface area (Å²) in [6.45, 7) is 2.21. The Balaban J connectivity index is 1.92. The number of nitrogens with one attached hydrogen (secondary N) is 2. The third-order valence-electron chi connectivity index (χ3n) is 2.92. The molecule has 0 radical (unpaired) electrons. The lowest BCUT2D eigenvalue weighted by molar-refractivity contribution is -0.114. The fourth-order valence-corrected chi connectivity index (χ4v) is 2.48. The van der Waals surface area contributed by atoms with Crippen molar-refractivity contribution < 1.29 is 9.53 Å². The zero-order valence-electron chi connectivity index (χ0n) is 11.9. The molecule has 2 N–H and O–H groups in total. The first kappa shape index (κ1) is 15.4. The van der Waals surface area contributed by atoms with Gasteiger partial charge in [-0.3, -0.25) is 4.79 Å². The molecule has 0 aliphatic rings. The second kappa shape index (κ2) is 7.13. The lowest BCUT2D eigenvalue weighted by Crippen LogP contribution is -2.21. The van der Waals surface area contributed by atoms with Gasteiger partial charge in [-0.2, -0.15) is 0 Å². The Morgan fingerprint density at radius 1 is 1.24 bits per heavy atom. The van der Waals surface area contributed by atoms with Gasteiger partial charge in [-0.05, 0) is 52.7 Å². The number of halogens is 1. The van der Waals surface area contributed by atoms with E-state index < -0.39 is 0 Å². The molecule has 0 heterocycles. The molecule has 0 spiro atoms. The van der Waals surface area contributed by atoms with Crippen molar-refractivity contribution in [1.29, 1.82) is 0 Å². The number of benzene rings is 2. The van der Waals surface area contributed by atoms with E-state index in [-0.39, 0.29) is 12.5 Å². The highest BCUT2D eigenvalue weighted by atomic mass is 79.9. The molecule has 0 aliphatic heterocycles. The number of methoxy groups -OCH3 is 1. The Labute approximate surface area is 132 Å². The Hall–Kier alpha value is -2.01. The third kappa shape index (κ3) is 4.49. The minimum Gasteiger partial charge on any atom is -0.497 e. The van der Waals surface area contributed by atoms with Crippen molar-refractivity contribution in [2.75, 3.05) is 24.3 Å². The fourth-order valence-electron chi connectivity index (χ4n) is 1.85. The van der Waals surface area contributed by atoms with Gasteiger partial charge in [0.1, 0.15) is 5.75 Å². The zero-order chi connectivity index (χ0) is 15.2. The van der Waals surface area contributed by atoms with E-state index in [1.54, 1.807) is 13.2 Å². The first-order chi connectivity index (χ1) is 10.1. The number of hydrogen-bond acceptors (Lipinski definition) is 3. The van der Waals surface area contributed by atoms with Gasteiger partial charge in [0.15, 0.2) is 0 Å². The van der Waals surface area contributed by atoms with Crippen LogP contribution in [0.25, 0.3) is 0 Å². The average molecular weight is 349 g/mol. The van der Waals surface area contributed by atoms with Crippen molar-refractivity contribution in [3.8, 4) is 5.75 Å². The van der Waals surface area contributed by atoms with E-state index in [0.717, 1.165) is 15.7 Å². The van der Waals surface area contributed by atoms with Crippen LogP contribution in [0.4, 0.5) is 11.4 Å². The summed E-state index contributed by atoms with van der Waals surface area (Å²) in [5.74, 6) is 0.595. The van der Waals surface area contributed by atoms with Crippen LogP contribution in [0.2, 0.25) is 0 Å². The maximum Gasteiger partial charge on any atom is 0.243 e. The summed E-state index contributed by atoms with van der Waals surface area (Å²) in [5.41, 5.74) is 2.76. The van der Waals surface area contributed by atoms with Gasteiger partial charge in [0, 0.05) is 21.9 Å². The summed E-state index contributed by atoms with van der Waals surface area (Å²) in [6.07, 6.45) is 0. The monoisotopic (exact) mass is 348 g/mol. The third-order valence-corrected chi connectivity index (χ3v) is 3.57. The molecule has 0 saturated heterocycles. The van der Waals surface area contributed by atoms with E-state index in [0.29, 0.717) is 11.4 Å². The molecule has 0 aliphatic carbocycles. The second-order valence-corrected chi connectivity index (χ2v) is 5.47. The Kier molecular flexibility index (Phi) is 5.22. The largest absolute Gasteiger partial charge is 0.497 e. The highest BCUT2D eigenvalue weighted by molar-refractivity contribution is 9.10. The molecule has 0 unspecified atom stereocenters. The number of carbonyl (C=O) groups excluding carboxylic acids is 1. The predicted molar refractivity (Wildman–Crippen MR) is 89.0 cm³/mol. The Morgan fingerprint density at radius 3 is 2.76 bits per heavy atom. The first-order valence-electron chi connectivity index (χ1n) is 6.52. The van der Waals surface area contributed by atoms with Crippen molar-refractivity contribution in [2.45, 2.75) is 6.92 Å². The molecule has 2 aromatic rings. The summed E-state index contributed by atoms with van der Waals surface area (Å²) in [5, 5.41) is 5.92. The predicted octanol–water partition coefficient (Wildman–Crippen LogP) is 3.82. The minimum atomic E-state index is -0.115. The minimum absolute atomic E-state index is 0.115. The maximum absolute atomic E-state index is 11.9. The van der Waals surface area contributed by atoms with E-state index in [9.17, 15) is 4.79 Å². The van der Waals surface area contributed by atoms with Crippen molar-refractivity contribution >= 4 is 33.2 Å². The van der Waals surface area contributed by atoms with Crippen LogP contribution in [0.15, 0.2) is 46.9 Å². The van der Waals surface area contributed by atoms with E-state index in [2.05, 4.69) is 26.6 Å². The second-order valence-electron chi connectivity index (χ2n) is 4.62. The summed E-state index contributed by atoms with van der Waals surface area (Å²) in [4.78, 5) is 11.9. The van der Waals surface area contributed by atoms with Crippen molar-refractivity contribution in [3.63, 3.8) is 0 Å². The van der Waals surface area contributed by atoms with Crippen molar-refractivity contribution in [3.05, 3.63) is 52.5 Å². The molecule has 0 atom stereocenters. The molecule has 1 amide bonds. The molecule has 2 aromatic carbocycles. The van der Waals surface area contributed by atoms with Crippen molar-refractivity contribution in [2.24, 2.45) is 0 Å². The Bertz CT molecular complexity index is 644. The first-order valence-corrected chi connectivity index (χ1v) is 7.31. The van der Waals surface area contributed by atoms with Crippen LogP contribution in [0.5, 0.6) is 5.75 Å². The van der Waals surface area contributed by atoms with Gasteiger partial charge >= 0.3 is 0 Å². The quantitative estimate of drug-likeness (QED) is 0.863. The molecule has 110 valence electrons. The van der Waals surface area contributed by atoms with Gasteiger partial charge in [-0.25, -0.2) is 0 Å². The van der Waals surface area contributed by atoms with E-state index >= 15 is 0 Å². The van der Waals surface area contributed by atoms with E-state index in [1.807, 2.05) is 43.3 Å². The standard InChI is InChI=1S/C16H17BrN2O2/c1-11-6-7-15(14(17)8-11)18-10-16(20)19-12-4-3-5-13(9-12)21-2/h3-9,18H,10H2,1-2H3,(H,19,20). The smallest absolute Gasteiger partial charge is 0.243 e. The Morgan fingerprint density at radius 2 is 2.05 bits per heavy atom. The molecule has 0 bridgehead atoms. The van der Waals surface area contributed by atoms with Gasteiger partial charge in [0.05, 0.1) is 13.7 Å². The van der Waals surface area contributed by atoms with Gasteiger partial charge in [0.2, 0.25) is 5.91 Å². The number of ether oxygens (including phenoxy) is 1. The van der Waals surface area contributed by atoms with Crippen LogP contribution in [0.3, 0.4) is 0 Å². The van der Waals surface area contributed by atoms with Crippen molar-refractivity contribution in [1.82, 2.24) is 0 Å². The number of carbonyl (C=O) groups is 1. The zero-order valence-corrected chi connectivity index (χ0v) is 13.5. The van der Waals surface area contributed by atoms with Crippen LogP contribution in [-0.2, 0) is 4.79 Å². The van der Waals surface area contributed by atoms with Crippen LogP contribution in [-0.4, -0.2) is 19.6 Å². The molecule has 0 saturated carbocycles. The molecule has 0 fully saturated rings. The lowest BCUT2D eigenvalue weighted by atomic mass is 10.2. The highest BCUT2D eigenvalue weighted by Gasteiger charge is 2.05. The highest BCUT2D eigenvalue weighted by Crippen LogP contribution is 2.23. The van der Waals surface area contributed by atoms with E-state index in [1.165, 1.54) is 0 Å². The maximum atomic E-state index is 11.9. The summed E-state index contributed by atoms with van der Waals surface area (Å²) in [6, 6.07) is 13.2. The van der Waals surface area contributed by atoms with Gasteiger partial charge in [-0.1, -0.05) is 12.1 Å².